The maximum atomic E-state index is 11.8. The molecule has 4 nitrogen and oxygen atoms in total. The van der Waals surface area contributed by atoms with Crippen molar-refractivity contribution in [3.63, 3.8) is 0 Å². The first kappa shape index (κ1) is 9.58. The molecule has 2 rings (SSSR count). The van der Waals surface area contributed by atoms with Crippen molar-refractivity contribution >= 4 is 17.4 Å². The van der Waals surface area contributed by atoms with Crippen molar-refractivity contribution in [3.8, 4) is 0 Å². The summed E-state index contributed by atoms with van der Waals surface area (Å²) in [6.45, 7) is 2.73. The van der Waals surface area contributed by atoms with Crippen LogP contribution in [0.25, 0.3) is 0 Å². The number of nitrogens with zero attached hydrogens (tertiary/aromatic N) is 3. The predicted molar refractivity (Wildman–Crippen MR) is 54.3 cm³/mol. The summed E-state index contributed by atoms with van der Waals surface area (Å²) in [5.41, 5.74) is 0.512. The minimum Gasteiger partial charge on any atom is -0.340 e. The van der Waals surface area contributed by atoms with Crippen molar-refractivity contribution in [1.82, 2.24) is 14.5 Å². The molecule has 1 aliphatic rings. The molecule has 1 fully saturated rings. The van der Waals surface area contributed by atoms with Gasteiger partial charge in [0.15, 0.2) is 5.69 Å². The number of carbonyl (C=O) groups is 1. The molecule has 0 unspecified atom stereocenters. The minimum atomic E-state index is 0.00292. The lowest BCUT2D eigenvalue weighted by Gasteiger charge is -2.15. The van der Waals surface area contributed by atoms with E-state index in [1.807, 2.05) is 14.0 Å². The number of carbonyl (C=O) groups excluding carboxylic acids is 1. The Balaban J connectivity index is 2.03. The minimum absolute atomic E-state index is 0.00292. The lowest BCUT2D eigenvalue weighted by atomic mass is 10.3. The summed E-state index contributed by atoms with van der Waals surface area (Å²) in [6.07, 6.45) is 2.51. The summed E-state index contributed by atoms with van der Waals surface area (Å²) >= 11 is 1.28. The summed E-state index contributed by atoms with van der Waals surface area (Å²) in [5.74, 6) is 0.721. The third-order valence-corrected chi connectivity index (χ3v) is 3.06. The van der Waals surface area contributed by atoms with Crippen LogP contribution in [-0.2, 0) is 0 Å². The van der Waals surface area contributed by atoms with Crippen molar-refractivity contribution < 1.29 is 4.79 Å². The highest BCUT2D eigenvalue weighted by Gasteiger charge is 2.26. The Morgan fingerprint density at radius 3 is 2.86 bits per heavy atom. The van der Waals surface area contributed by atoms with Crippen LogP contribution in [0.5, 0.6) is 0 Å². The van der Waals surface area contributed by atoms with Gasteiger partial charge in [-0.3, -0.25) is 4.79 Å². The average molecular weight is 211 g/mol. The molecule has 0 atom stereocenters. The quantitative estimate of drug-likeness (QED) is 0.757. The number of aromatic nitrogens is 2. The molecule has 0 N–H and O–H groups in total. The Labute approximate surface area is 87.1 Å². The maximum Gasteiger partial charge on any atom is 0.275 e. The van der Waals surface area contributed by atoms with E-state index in [0.29, 0.717) is 5.69 Å². The van der Waals surface area contributed by atoms with Gasteiger partial charge in [-0.05, 0) is 37.2 Å². The van der Waals surface area contributed by atoms with Crippen molar-refractivity contribution in [2.24, 2.45) is 5.92 Å². The zero-order chi connectivity index (χ0) is 10.1. The van der Waals surface area contributed by atoms with E-state index in [4.69, 9.17) is 0 Å². The van der Waals surface area contributed by atoms with Crippen LogP contribution in [0.4, 0.5) is 0 Å². The second-order valence-electron chi connectivity index (χ2n) is 3.81. The van der Waals surface area contributed by atoms with E-state index in [1.54, 1.807) is 4.90 Å². The van der Waals surface area contributed by atoms with Gasteiger partial charge in [-0.25, -0.2) is 0 Å². The molecular formula is C9H13N3OS. The zero-order valence-electron chi connectivity index (χ0n) is 8.36. The second-order valence-corrected chi connectivity index (χ2v) is 4.77. The molecule has 0 spiro atoms. The lowest BCUT2D eigenvalue weighted by Crippen LogP contribution is -2.29. The standard InChI is InChI=1S/C9H13N3OS/c1-6-8(10-11-14-6)9(13)12(2)5-7-3-4-7/h7H,3-5H2,1-2H3. The highest BCUT2D eigenvalue weighted by atomic mass is 32.1. The number of hydrogen-bond donors (Lipinski definition) is 0. The summed E-state index contributed by atoms with van der Waals surface area (Å²) in [4.78, 5) is 14.5. The molecule has 1 amide bonds. The van der Waals surface area contributed by atoms with E-state index in [0.717, 1.165) is 17.3 Å². The molecule has 14 heavy (non-hydrogen) atoms. The predicted octanol–water partition coefficient (Wildman–Crippen LogP) is 1.33. The molecule has 1 aliphatic carbocycles. The molecule has 1 aromatic heterocycles. The van der Waals surface area contributed by atoms with Gasteiger partial charge in [-0.15, -0.1) is 5.10 Å². The first-order chi connectivity index (χ1) is 6.68. The number of amides is 1. The van der Waals surface area contributed by atoms with Crippen molar-refractivity contribution in [2.45, 2.75) is 19.8 Å². The second kappa shape index (κ2) is 3.65. The molecule has 0 radical (unpaired) electrons. The fourth-order valence-electron chi connectivity index (χ4n) is 1.38. The van der Waals surface area contributed by atoms with Gasteiger partial charge in [0.05, 0.1) is 4.88 Å². The van der Waals surface area contributed by atoms with Gasteiger partial charge in [-0.1, -0.05) is 4.49 Å². The summed E-state index contributed by atoms with van der Waals surface area (Å²) in [7, 11) is 1.83. The van der Waals surface area contributed by atoms with Crippen LogP contribution in [0, 0.1) is 12.8 Å². The zero-order valence-corrected chi connectivity index (χ0v) is 9.17. The number of rotatable bonds is 3. The Bertz CT molecular complexity index is 346. The molecule has 0 saturated heterocycles. The molecule has 0 aliphatic heterocycles. The number of aryl methyl sites for hydroxylation is 1. The van der Waals surface area contributed by atoms with Gasteiger partial charge in [0, 0.05) is 13.6 Å². The largest absolute Gasteiger partial charge is 0.340 e. The third-order valence-electron chi connectivity index (χ3n) is 2.43. The van der Waals surface area contributed by atoms with Gasteiger partial charge in [-0.2, -0.15) is 0 Å². The molecule has 0 bridgehead atoms. The summed E-state index contributed by atoms with van der Waals surface area (Å²) in [6, 6.07) is 0. The van der Waals surface area contributed by atoms with E-state index in [2.05, 4.69) is 9.59 Å². The highest BCUT2D eigenvalue weighted by molar-refractivity contribution is 7.05. The normalized spacial score (nSPS) is 15.6. The van der Waals surface area contributed by atoms with E-state index in [1.165, 1.54) is 24.4 Å². The van der Waals surface area contributed by atoms with Gasteiger partial charge in [0.2, 0.25) is 0 Å². The molecule has 1 aromatic rings. The Morgan fingerprint density at radius 1 is 1.64 bits per heavy atom. The van der Waals surface area contributed by atoms with Crippen LogP contribution in [0.15, 0.2) is 0 Å². The Morgan fingerprint density at radius 2 is 2.36 bits per heavy atom. The molecular weight excluding hydrogens is 198 g/mol. The molecule has 1 saturated carbocycles. The summed E-state index contributed by atoms with van der Waals surface area (Å²) in [5, 5.41) is 3.84. The van der Waals surface area contributed by atoms with Gasteiger partial charge in [0.1, 0.15) is 0 Å². The van der Waals surface area contributed by atoms with Crippen molar-refractivity contribution in [1.29, 1.82) is 0 Å². The maximum absolute atomic E-state index is 11.8. The van der Waals surface area contributed by atoms with Crippen LogP contribution in [-0.4, -0.2) is 34.0 Å². The van der Waals surface area contributed by atoms with Crippen LogP contribution < -0.4 is 0 Å². The third kappa shape index (κ3) is 1.92. The Hall–Kier alpha value is -0.970. The fourth-order valence-corrected chi connectivity index (χ4v) is 1.84. The Kier molecular flexibility index (Phi) is 2.50. The van der Waals surface area contributed by atoms with Crippen molar-refractivity contribution in [2.75, 3.05) is 13.6 Å². The monoisotopic (exact) mass is 211 g/mol. The van der Waals surface area contributed by atoms with Crippen molar-refractivity contribution in [3.05, 3.63) is 10.6 Å². The molecule has 76 valence electrons. The van der Waals surface area contributed by atoms with Crippen LogP contribution in [0.3, 0.4) is 0 Å². The van der Waals surface area contributed by atoms with E-state index in [-0.39, 0.29) is 5.91 Å². The van der Waals surface area contributed by atoms with Crippen LogP contribution >= 0.6 is 11.5 Å². The SMILES string of the molecule is Cc1snnc1C(=O)N(C)CC1CC1. The first-order valence-corrected chi connectivity index (χ1v) is 5.50. The molecule has 0 aromatic carbocycles. The van der Waals surface area contributed by atoms with E-state index in [9.17, 15) is 4.79 Å². The van der Waals surface area contributed by atoms with Gasteiger partial charge in [0.25, 0.3) is 5.91 Å². The smallest absolute Gasteiger partial charge is 0.275 e. The molecule has 1 heterocycles. The van der Waals surface area contributed by atoms with Crippen LogP contribution in [0.1, 0.15) is 28.2 Å². The topological polar surface area (TPSA) is 46.1 Å². The van der Waals surface area contributed by atoms with Gasteiger partial charge >= 0.3 is 0 Å². The van der Waals surface area contributed by atoms with E-state index < -0.39 is 0 Å². The lowest BCUT2D eigenvalue weighted by molar-refractivity contribution is 0.0782. The fraction of sp³-hybridized carbons (Fsp3) is 0.667. The number of hydrogen-bond acceptors (Lipinski definition) is 4. The van der Waals surface area contributed by atoms with E-state index >= 15 is 0 Å². The first-order valence-electron chi connectivity index (χ1n) is 4.73. The molecule has 5 heteroatoms. The average Bonchev–Trinajstić information content (AvgIpc) is 2.86. The summed E-state index contributed by atoms with van der Waals surface area (Å²) < 4.78 is 3.76. The van der Waals surface area contributed by atoms with Gasteiger partial charge < -0.3 is 4.90 Å². The van der Waals surface area contributed by atoms with Crippen LogP contribution in [0.2, 0.25) is 0 Å². The highest BCUT2D eigenvalue weighted by Crippen LogP contribution is 2.29.